The molecule has 0 aliphatic heterocycles. The lowest BCUT2D eigenvalue weighted by molar-refractivity contribution is -0.131. The summed E-state index contributed by atoms with van der Waals surface area (Å²) in [6.07, 6.45) is 2.53. The molecule has 2 rings (SSSR count). The molecule has 2 aromatic carbocycles. The predicted molar refractivity (Wildman–Crippen MR) is 80.3 cm³/mol. The lowest BCUT2D eigenvalue weighted by Gasteiger charge is -2.15. The van der Waals surface area contributed by atoms with Crippen LogP contribution in [0.25, 0.3) is 16.8 Å². The van der Waals surface area contributed by atoms with Gasteiger partial charge in [0, 0.05) is 17.0 Å². The number of ether oxygens (including phenoxy) is 3. The highest BCUT2D eigenvalue weighted by molar-refractivity contribution is 6.01. The van der Waals surface area contributed by atoms with Crippen molar-refractivity contribution in [3.63, 3.8) is 0 Å². The Morgan fingerprint density at radius 1 is 1.10 bits per heavy atom. The SMILES string of the molecule is COc1c(/C=C/C(=O)O)cc(OC)c2c(OC)cccc12. The first kappa shape index (κ1) is 14.7. The number of methoxy groups -OCH3 is 3. The molecule has 0 aliphatic carbocycles. The largest absolute Gasteiger partial charge is 0.496 e. The highest BCUT2D eigenvalue weighted by Gasteiger charge is 2.15. The van der Waals surface area contributed by atoms with Gasteiger partial charge in [0.2, 0.25) is 0 Å². The van der Waals surface area contributed by atoms with Gasteiger partial charge in [-0.3, -0.25) is 0 Å². The van der Waals surface area contributed by atoms with Gasteiger partial charge in [0.1, 0.15) is 17.2 Å². The fourth-order valence-corrected chi connectivity index (χ4v) is 2.25. The van der Waals surface area contributed by atoms with Crippen molar-refractivity contribution in [2.75, 3.05) is 21.3 Å². The Morgan fingerprint density at radius 2 is 1.81 bits per heavy atom. The molecule has 0 fully saturated rings. The Kier molecular flexibility index (Phi) is 4.33. The second-order valence-electron chi connectivity index (χ2n) is 4.26. The summed E-state index contributed by atoms with van der Waals surface area (Å²) in [5, 5.41) is 10.4. The Balaban J connectivity index is 2.81. The van der Waals surface area contributed by atoms with Gasteiger partial charge in [-0.15, -0.1) is 0 Å². The van der Waals surface area contributed by atoms with Gasteiger partial charge in [-0.2, -0.15) is 0 Å². The van der Waals surface area contributed by atoms with Gasteiger partial charge in [-0.25, -0.2) is 4.79 Å². The van der Waals surface area contributed by atoms with E-state index in [1.807, 2.05) is 18.2 Å². The maximum atomic E-state index is 10.7. The third kappa shape index (κ3) is 2.76. The van der Waals surface area contributed by atoms with Crippen molar-refractivity contribution < 1.29 is 24.1 Å². The molecule has 0 unspecified atom stereocenters. The summed E-state index contributed by atoms with van der Waals surface area (Å²) in [6, 6.07) is 7.27. The van der Waals surface area contributed by atoms with Crippen LogP contribution < -0.4 is 14.2 Å². The second kappa shape index (κ2) is 6.17. The smallest absolute Gasteiger partial charge is 0.328 e. The molecule has 21 heavy (non-hydrogen) atoms. The van der Waals surface area contributed by atoms with E-state index >= 15 is 0 Å². The number of fused-ring (bicyclic) bond motifs is 1. The van der Waals surface area contributed by atoms with E-state index in [1.165, 1.54) is 6.08 Å². The summed E-state index contributed by atoms with van der Waals surface area (Å²) >= 11 is 0. The molecular formula is C16H16O5. The Morgan fingerprint density at radius 3 is 2.38 bits per heavy atom. The van der Waals surface area contributed by atoms with E-state index < -0.39 is 5.97 Å². The molecule has 0 atom stereocenters. The number of carbonyl (C=O) groups is 1. The molecule has 110 valence electrons. The quantitative estimate of drug-likeness (QED) is 0.857. The van der Waals surface area contributed by atoms with Crippen molar-refractivity contribution >= 4 is 22.8 Å². The first-order chi connectivity index (χ1) is 10.1. The van der Waals surface area contributed by atoms with Gasteiger partial charge in [-0.05, 0) is 18.2 Å². The van der Waals surface area contributed by atoms with E-state index in [-0.39, 0.29) is 0 Å². The van der Waals surface area contributed by atoms with Gasteiger partial charge >= 0.3 is 5.97 Å². The summed E-state index contributed by atoms with van der Waals surface area (Å²) in [5.41, 5.74) is 0.623. The van der Waals surface area contributed by atoms with Crippen LogP contribution in [0, 0.1) is 0 Å². The van der Waals surface area contributed by atoms with Crippen LogP contribution in [-0.2, 0) is 4.79 Å². The third-order valence-corrected chi connectivity index (χ3v) is 3.12. The molecule has 0 saturated carbocycles. The summed E-state index contributed by atoms with van der Waals surface area (Å²) in [4.78, 5) is 10.7. The molecule has 1 N–H and O–H groups in total. The van der Waals surface area contributed by atoms with Crippen molar-refractivity contribution in [2.45, 2.75) is 0 Å². The fraction of sp³-hybridized carbons (Fsp3) is 0.188. The molecule has 0 spiro atoms. The van der Waals surface area contributed by atoms with Gasteiger partial charge < -0.3 is 19.3 Å². The third-order valence-electron chi connectivity index (χ3n) is 3.12. The van der Waals surface area contributed by atoms with Crippen molar-refractivity contribution in [1.82, 2.24) is 0 Å². The predicted octanol–water partition coefficient (Wildman–Crippen LogP) is 2.96. The zero-order valence-corrected chi connectivity index (χ0v) is 12.0. The normalized spacial score (nSPS) is 10.8. The monoisotopic (exact) mass is 288 g/mol. The molecule has 0 bridgehead atoms. The van der Waals surface area contributed by atoms with Crippen LogP contribution in [0.5, 0.6) is 17.2 Å². The highest BCUT2D eigenvalue weighted by atomic mass is 16.5. The van der Waals surface area contributed by atoms with Gasteiger partial charge in [-0.1, -0.05) is 12.1 Å². The van der Waals surface area contributed by atoms with Crippen LogP contribution in [0.2, 0.25) is 0 Å². The topological polar surface area (TPSA) is 65.0 Å². The number of carboxylic acids is 1. The van der Waals surface area contributed by atoms with E-state index in [2.05, 4.69) is 0 Å². The minimum Gasteiger partial charge on any atom is -0.496 e. The van der Waals surface area contributed by atoms with E-state index in [4.69, 9.17) is 19.3 Å². The first-order valence-corrected chi connectivity index (χ1v) is 6.25. The number of aliphatic carboxylic acids is 1. The highest BCUT2D eigenvalue weighted by Crippen LogP contribution is 2.41. The number of carboxylic acid groups (broad SMARTS) is 1. The van der Waals surface area contributed by atoms with Gasteiger partial charge in [0.15, 0.2) is 0 Å². The number of hydrogen-bond acceptors (Lipinski definition) is 4. The maximum absolute atomic E-state index is 10.7. The Bertz CT molecular complexity index is 703. The molecule has 0 heterocycles. The molecule has 5 nitrogen and oxygen atoms in total. The van der Waals surface area contributed by atoms with Crippen molar-refractivity contribution in [3.05, 3.63) is 35.9 Å². The van der Waals surface area contributed by atoms with Crippen molar-refractivity contribution in [2.24, 2.45) is 0 Å². The zero-order valence-electron chi connectivity index (χ0n) is 12.0. The number of hydrogen-bond donors (Lipinski definition) is 1. The molecule has 0 aliphatic rings. The number of rotatable bonds is 5. The van der Waals surface area contributed by atoms with E-state index in [9.17, 15) is 4.79 Å². The van der Waals surface area contributed by atoms with Crippen LogP contribution in [0.1, 0.15) is 5.56 Å². The fourth-order valence-electron chi connectivity index (χ4n) is 2.25. The zero-order chi connectivity index (χ0) is 15.4. The minimum absolute atomic E-state index is 0.571. The van der Waals surface area contributed by atoms with E-state index in [1.54, 1.807) is 27.4 Å². The molecule has 0 radical (unpaired) electrons. The first-order valence-electron chi connectivity index (χ1n) is 6.25. The molecule has 2 aromatic rings. The maximum Gasteiger partial charge on any atom is 0.328 e. The molecule has 0 amide bonds. The van der Waals surface area contributed by atoms with E-state index in [0.29, 0.717) is 22.8 Å². The summed E-state index contributed by atoms with van der Waals surface area (Å²) < 4.78 is 16.2. The molecule has 0 saturated heterocycles. The van der Waals surface area contributed by atoms with Gasteiger partial charge in [0.05, 0.1) is 26.7 Å². The van der Waals surface area contributed by atoms with Crippen molar-refractivity contribution in [1.29, 1.82) is 0 Å². The van der Waals surface area contributed by atoms with Gasteiger partial charge in [0.25, 0.3) is 0 Å². The average molecular weight is 288 g/mol. The summed E-state index contributed by atoms with van der Waals surface area (Å²) in [6.45, 7) is 0. The van der Waals surface area contributed by atoms with Crippen LogP contribution in [0.4, 0.5) is 0 Å². The van der Waals surface area contributed by atoms with Crippen LogP contribution in [0.3, 0.4) is 0 Å². The average Bonchev–Trinajstić information content (AvgIpc) is 2.50. The Hall–Kier alpha value is -2.69. The van der Waals surface area contributed by atoms with Crippen LogP contribution >= 0.6 is 0 Å². The lowest BCUT2D eigenvalue weighted by atomic mass is 10.0. The summed E-state index contributed by atoms with van der Waals surface area (Å²) in [5.74, 6) is 0.800. The minimum atomic E-state index is -1.03. The van der Waals surface area contributed by atoms with Crippen LogP contribution in [-0.4, -0.2) is 32.4 Å². The molecule has 0 aromatic heterocycles. The lowest BCUT2D eigenvalue weighted by Crippen LogP contribution is -1.96. The Labute approximate surface area is 122 Å². The molecular weight excluding hydrogens is 272 g/mol. The standard InChI is InChI=1S/C16H16O5/c1-19-12-6-4-5-11-15(12)13(20-2)9-10(16(11)21-3)7-8-14(17)18/h4-9H,1-3H3,(H,17,18)/b8-7+. The number of benzene rings is 2. The second-order valence-corrected chi connectivity index (χ2v) is 4.26. The van der Waals surface area contributed by atoms with E-state index in [0.717, 1.165) is 16.8 Å². The molecule has 5 heteroatoms. The van der Waals surface area contributed by atoms with Crippen molar-refractivity contribution in [3.8, 4) is 17.2 Å². The van der Waals surface area contributed by atoms with Crippen LogP contribution in [0.15, 0.2) is 30.3 Å². The summed E-state index contributed by atoms with van der Waals surface area (Å²) in [7, 11) is 4.68.